The van der Waals surface area contributed by atoms with Crippen LogP contribution in [0.25, 0.3) is 0 Å². The molecule has 1 amide bonds. The van der Waals surface area contributed by atoms with Crippen molar-refractivity contribution in [3.63, 3.8) is 0 Å². The van der Waals surface area contributed by atoms with Crippen LogP contribution in [0.15, 0.2) is 0 Å². The van der Waals surface area contributed by atoms with Crippen molar-refractivity contribution in [3.8, 4) is 0 Å². The fourth-order valence-electron chi connectivity index (χ4n) is 2.44. The summed E-state index contributed by atoms with van der Waals surface area (Å²) in [7, 11) is 0. The Labute approximate surface area is 116 Å². The summed E-state index contributed by atoms with van der Waals surface area (Å²) in [6.07, 6.45) is 10.4. The van der Waals surface area contributed by atoms with Crippen LogP contribution in [0.5, 0.6) is 0 Å². The molecule has 5 heteroatoms. The summed E-state index contributed by atoms with van der Waals surface area (Å²) in [6, 6.07) is -0.771. The molecule has 0 aromatic carbocycles. The van der Waals surface area contributed by atoms with E-state index < -0.39 is 6.04 Å². The molecule has 1 fully saturated rings. The van der Waals surface area contributed by atoms with Crippen molar-refractivity contribution >= 4 is 18.3 Å². The molecule has 18 heavy (non-hydrogen) atoms. The van der Waals surface area contributed by atoms with Crippen LogP contribution in [0.2, 0.25) is 0 Å². The summed E-state index contributed by atoms with van der Waals surface area (Å²) >= 11 is 0. The minimum atomic E-state index is -0.771. The van der Waals surface area contributed by atoms with E-state index in [-0.39, 0.29) is 24.9 Å². The highest BCUT2D eigenvalue weighted by molar-refractivity contribution is 5.85. The topological polar surface area (TPSA) is 75.3 Å². The van der Waals surface area contributed by atoms with Crippen molar-refractivity contribution < 1.29 is 9.90 Å². The number of nitrogens with two attached hydrogens (primary N) is 1. The third-order valence-electron chi connectivity index (χ3n) is 3.61. The Morgan fingerprint density at radius 1 is 1.22 bits per heavy atom. The van der Waals surface area contributed by atoms with Crippen LogP contribution in [0.1, 0.15) is 51.4 Å². The molecule has 0 heterocycles. The van der Waals surface area contributed by atoms with Gasteiger partial charge in [0.15, 0.2) is 0 Å². The van der Waals surface area contributed by atoms with Gasteiger partial charge in [0.2, 0.25) is 5.91 Å². The van der Waals surface area contributed by atoms with Gasteiger partial charge in [0, 0.05) is 6.54 Å². The molecule has 108 valence electrons. The van der Waals surface area contributed by atoms with Gasteiger partial charge >= 0.3 is 0 Å². The fourth-order valence-corrected chi connectivity index (χ4v) is 2.44. The maximum Gasteiger partial charge on any atom is 0.239 e. The van der Waals surface area contributed by atoms with Crippen LogP contribution in [-0.4, -0.2) is 30.2 Å². The van der Waals surface area contributed by atoms with E-state index in [1.165, 1.54) is 44.9 Å². The number of halogens is 1. The molecule has 1 saturated carbocycles. The quantitative estimate of drug-likeness (QED) is 0.715. The highest BCUT2D eigenvalue weighted by Crippen LogP contribution is 2.24. The summed E-state index contributed by atoms with van der Waals surface area (Å²) in [5.41, 5.74) is 5.42. The van der Waals surface area contributed by atoms with Crippen LogP contribution >= 0.6 is 12.4 Å². The molecule has 0 aromatic heterocycles. The standard InChI is InChI=1S/C13H26N2O2.ClH/c14-12(10-16)13(17)15-9-8-11-6-4-2-1-3-5-7-11;/h11-12,16H,1-10,14H2,(H,15,17);1H/t12-;/m1./s1. The average molecular weight is 279 g/mol. The Kier molecular flexibility index (Phi) is 10.4. The van der Waals surface area contributed by atoms with Crippen LogP contribution in [0.3, 0.4) is 0 Å². The number of carbonyl (C=O) groups is 1. The summed E-state index contributed by atoms with van der Waals surface area (Å²) in [5, 5.41) is 11.5. The molecule has 0 radical (unpaired) electrons. The first-order valence-electron chi connectivity index (χ1n) is 6.88. The Bertz CT molecular complexity index is 219. The lowest BCUT2D eigenvalue weighted by molar-refractivity contribution is -0.123. The third-order valence-corrected chi connectivity index (χ3v) is 3.61. The molecular weight excluding hydrogens is 252 g/mol. The normalized spacial score (nSPS) is 19.2. The minimum Gasteiger partial charge on any atom is -0.394 e. The molecular formula is C13H27ClN2O2. The lowest BCUT2D eigenvalue weighted by Gasteiger charge is -2.20. The van der Waals surface area contributed by atoms with Gasteiger partial charge in [-0.15, -0.1) is 12.4 Å². The van der Waals surface area contributed by atoms with Crippen molar-refractivity contribution in [2.75, 3.05) is 13.2 Å². The molecule has 0 spiro atoms. The Balaban J connectivity index is 0.00000289. The van der Waals surface area contributed by atoms with Gasteiger partial charge < -0.3 is 16.2 Å². The second-order valence-corrected chi connectivity index (χ2v) is 5.08. The van der Waals surface area contributed by atoms with Gasteiger partial charge in [0.1, 0.15) is 6.04 Å². The van der Waals surface area contributed by atoms with Crippen molar-refractivity contribution in [1.82, 2.24) is 5.32 Å². The zero-order chi connectivity index (χ0) is 12.5. The predicted octanol–water partition coefficient (Wildman–Crippen LogP) is 1.59. The third kappa shape index (κ3) is 7.19. The van der Waals surface area contributed by atoms with Gasteiger partial charge in [-0.3, -0.25) is 4.79 Å². The Morgan fingerprint density at radius 3 is 2.33 bits per heavy atom. The average Bonchev–Trinajstić information content (AvgIpc) is 2.30. The first-order valence-corrected chi connectivity index (χ1v) is 6.88. The van der Waals surface area contributed by atoms with Gasteiger partial charge in [0.25, 0.3) is 0 Å². The van der Waals surface area contributed by atoms with Gasteiger partial charge in [-0.1, -0.05) is 44.9 Å². The van der Waals surface area contributed by atoms with Crippen LogP contribution in [0, 0.1) is 5.92 Å². The summed E-state index contributed by atoms with van der Waals surface area (Å²) in [6.45, 7) is 0.409. The molecule has 1 rings (SSSR count). The maximum absolute atomic E-state index is 11.3. The number of hydrogen-bond acceptors (Lipinski definition) is 3. The SMILES string of the molecule is Cl.N[C@H](CO)C(=O)NCCC1CCCCCCC1. The van der Waals surface area contributed by atoms with Gasteiger partial charge in [-0.05, 0) is 12.3 Å². The minimum absolute atomic E-state index is 0. The number of aliphatic hydroxyl groups is 1. The van der Waals surface area contributed by atoms with Gasteiger partial charge in [0.05, 0.1) is 6.61 Å². The van der Waals surface area contributed by atoms with Crippen LogP contribution in [-0.2, 0) is 4.79 Å². The maximum atomic E-state index is 11.3. The molecule has 1 atom stereocenters. The van der Waals surface area contributed by atoms with E-state index in [2.05, 4.69) is 5.32 Å². The molecule has 0 saturated heterocycles. The second-order valence-electron chi connectivity index (χ2n) is 5.08. The molecule has 0 bridgehead atoms. The number of nitrogens with one attached hydrogen (secondary N) is 1. The summed E-state index contributed by atoms with van der Waals surface area (Å²) in [4.78, 5) is 11.3. The number of hydrogen-bond donors (Lipinski definition) is 3. The number of carbonyl (C=O) groups excluding carboxylic acids is 1. The first-order chi connectivity index (χ1) is 8.24. The zero-order valence-corrected chi connectivity index (χ0v) is 11.9. The fraction of sp³-hybridized carbons (Fsp3) is 0.923. The largest absolute Gasteiger partial charge is 0.394 e. The van der Waals surface area contributed by atoms with Crippen LogP contribution < -0.4 is 11.1 Å². The van der Waals surface area contributed by atoms with E-state index in [0.717, 1.165) is 12.3 Å². The Morgan fingerprint density at radius 2 is 1.78 bits per heavy atom. The highest BCUT2D eigenvalue weighted by Gasteiger charge is 2.14. The molecule has 4 nitrogen and oxygen atoms in total. The second kappa shape index (κ2) is 10.6. The van der Waals surface area contributed by atoms with Crippen molar-refractivity contribution in [3.05, 3.63) is 0 Å². The Hall–Kier alpha value is -0.320. The van der Waals surface area contributed by atoms with Crippen molar-refractivity contribution in [2.24, 2.45) is 11.7 Å². The lowest BCUT2D eigenvalue weighted by atomic mass is 9.89. The summed E-state index contributed by atoms with van der Waals surface area (Å²) < 4.78 is 0. The first kappa shape index (κ1) is 17.7. The highest BCUT2D eigenvalue weighted by atomic mass is 35.5. The van der Waals surface area contributed by atoms with E-state index >= 15 is 0 Å². The monoisotopic (exact) mass is 278 g/mol. The molecule has 1 aliphatic carbocycles. The zero-order valence-electron chi connectivity index (χ0n) is 11.1. The lowest BCUT2D eigenvalue weighted by Crippen LogP contribution is -2.43. The van der Waals surface area contributed by atoms with Crippen molar-refractivity contribution in [2.45, 2.75) is 57.4 Å². The van der Waals surface area contributed by atoms with E-state index in [1.807, 2.05) is 0 Å². The van der Waals surface area contributed by atoms with Gasteiger partial charge in [-0.2, -0.15) is 0 Å². The van der Waals surface area contributed by atoms with Gasteiger partial charge in [-0.25, -0.2) is 0 Å². The molecule has 4 N–H and O–H groups in total. The van der Waals surface area contributed by atoms with E-state index in [9.17, 15) is 4.79 Å². The molecule has 0 unspecified atom stereocenters. The van der Waals surface area contributed by atoms with Crippen molar-refractivity contribution in [1.29, 1.82) is 0 Å². The van der Waals surface area contributed by atoms with E-state index in [0.29, 0.717) is 6.54 Å². The molecule has 1 aliphatic rings. The smallest absolute Gasteiger partial charge is 0.239 e. The van der Waals surface area contributed by atoms with E-state index in [1.54, 1.807) is 0 Å². The van der Waals surface area contributed by atoms with E-state index in [4.69, 9.17) is 10.8 Å². The predicted molar refractivity (Wildman–Crippen MR) is 75.7 cm³/mol. The number of amides is 1. The molecule has 0 aliphatic heterocycles. The molecule has 0 aromatic rings. The number of rotatable bonds is 5. The van der Waals surface area contributed by atoms with Crippen LogP contribution in [0.4, 0.5) is 0 Å². The summed E-state index contributed by atoms with van der Waals surface area (Å²) in [5.74, 6) is 0.513. The number of aliphatic hydroxyl groups excluding tert-OH is 1.